The van der Waals surface area contributed by atoms with E-state index in [1.165, 1.54) is 5.56 Å². The topological polar surface area (TPSA) is 15.3 Å². The van der Waals surface area contributed by atoms with Crippen LogP contribution >= 0.6 is 0 Å². The molecule has 0 atom stereocenters. The van der Waals surface area contributed by atoms with Crippen LogP contribution in [0.5, 0.6) is 0 Å². The van der Waals surface area contributed by atoms with Gasteiger partial charge >= 0.3 is 0 Å². The van der Waals surface area contributed by atoms with Crippen LogP contribution in [0.2, 0.25) is 0 Å². The van der Waals surface area contributed by atoms with Crippen molar-refractivity contribution in [1.82, 2.24) is 10.2 Å². The fraction of sp³-hybridized carbons (Fsp3) is 0.538. The van der Waals surface area contributed by atoms with Crippen molar-refractivity contribution in [2.75, 3.05) is 20.6 Å². The number of rotatable bonds is 5. The van der Waals surface area contributed by atoms with E-state index in [-0.39, 0.29) is 5.54 Å². The Kier molecular flexibility index (Phi) is 4.30. The minimum Gasteiger partial charge on any atom is -0.314 e. The van der Waals surface area contributed by atoms with E-state index >= 15 is 0 Å². The Morgan fingerprint density at radius 1 is 1.20 bits per heavy atom. The number of benzene rings is 1. The zero-order valence-corrected chi connectivity index (χ0v) is 10.2. The van der Waals surface area contributed by atoms with Gasteiger partial charge < -0.3 is 10.2 Å². The van der Waals surface area contributed by atoms with Crippen LogP contribution in [-0.4, -0.2) is 31.1 Å². The van der Waals surface area contributed by atoms with Crippen LogP contribution in [0, 0.1) is 0 Å². The van der Waals surface area contributed by atoms with Crippen LogP contribution in [0.15, 0.2) is 30.3 Å². The molecule has 0 fully saturated rings. The van der Waals surface area contributed by atoms with Gasteiger partial charge in [0.05, 0.1) is 0 Å². The lowest BCUT2D eigenvalue weighted by Gasteiger charge is -2.30. The molecule has 0 aliphatic heterocycles. The van der Waals surface area contributed by atoms with E-state index < -0.39 is 0 Å². The summed E-state index contributed by atoms with van der Waals surface area (Å²) in [5.41, 5.74) is 1.54. The lowest BCUT2D eigenvalue weighted by molar-refractivity contribution is 0.238. The Morgan fingerprint density at radius 3 is 2.33 bits per heavy atom. The fourth-order valence-corrected chi connectivity index (χ4v) is 1.70. The minimum absolute atomic E-state index is 0.170. The average Bonchev–Trinajstić information content (AvgIpc) is 2.18. The summed E-state index contributed by atoms with van der Waals surface area (Å²) >= 11 is 0. The van der Waals surface area contributed by atoms with Crippen LogP contribution in [0.25, 0.3) is 0 Å². The number of likely N-dealkylation sites (N-methyl/N-ethyl adjacent to an activating group) is 2. The van der Waals surface area contributed by atoms with E-state index in [0.717, 1.165) is 13.1 Å². The first kappa shape index (κ1) is 12.2. The summed E-state index contributed by atoms with van der Waals surface area (Å²) in [6, 6.07) is 10.6. The van der Waals surface area contributed by atoms with Crippen molar-refractivity contribution in [1.29, 1.82) is 0 Å². The normalized spacial score (nSPS) is 12.1. The summed E-state index contributed by atoms with van der Waals surface area (Å²) in [6.07, 6.45) is 0. The summed E-state index contributed by atoms with van der Waals surface area (Å²) in [6.45, 7) is 6.48. The molecule has 1 N–H and O–H groups in total. The highest BCUT2D eigenvalue weighted by Gasteiger charge is 2.16. The van der Waals surface area contributed by atoms with Crippen LogP contribution in [0.3, 0.4) is 0 Å². The molecule has 0 saturated carbocycles. The van der Waals surface area contributed by atoms with Crippen LogP contribution < -0.4 is 5.32 Å². The zero-order chi connectivity index (χ0) is 11.3. The SMILES string of the molecule is CNC(C)(C)CN(C)Cc1ccccc1. The van der Waals surface area contributed by atoms with E-state index in [1.54, 1.807) is 0 Å². The van der Waals surface area contributed by atoms with Gasteiger partial charge in [0.15, 0.2) is 0 Å². The zero-order valence-electron chi connectivity index (χ0n) is 10.2. The van der Waals surface area contributed by atoms with Crippen molar-refractivity contribution in [2.24, 2.45) is 0 Å². The van der Waals surface area contributed by atoms with Gasteiger partial charge in [-0.15, -0.1) is 0 Å². The number of hydrogen-bond acceptors (Lipinski definition) is 2. The van der Waals surface area contributed by atoms with Crippen LogP contribution in [0.4, 0.5) is 0 Å². The predicted molar refractivity (Wildman–Crippen MR) is 65.9 cm³/mol. The average molecular weight is 206 g/mol. The molecule has 1 rings (SSSR count). The van der Waals surface area contributed by atoms with Gasteiger partial charge in [0, 0.05) is 18.6 Å². The Morgan fingerprint density at radius 2 is 1.80 bits per heavy atom. The smallest absolute Gasteiger partial charge is 0.0249 e. The first-order valence-corrected chi connectivity index (χ1v) is 5.45. The molecule has 0 aliphatic rings. The molecule has 15 heavy (non-hydrogen) atoms. The monoisotopic (exact) mass is 206 g/mol. The second-order valence-corrected chi connectivity index (χ2v) is 4.79. The highest BCUT2D eigenvalue weighted by Crippen LogP contribution is 2.07. The van der Waals surface area contributed by atoms with E-state index in [2.05, 4.69) is 61.4 Å². The largest absolute Gasteiger partial charge is 0.314 e. The molecule has 0 spiro atoms. The van der Waals surface area contributed by atoms with Crippen molar-refractivity contribution in [3.8, 4) is 0 Å². The number of nitrogens with one attached hydrogen (secondary N) is 1. The van der Waals surface area contributed by atoms with E-state index in [9.17, 15) is 0 Å². The van der Waals surface area contributed by atoms with Gasteiger partial charge in [-0.25, -0.2) is 0 Å². The fourth-order valence-electron chi connectivity index (χ4n) is 1.70. The molecule has 0 saturated heterocycles. The number of nitrogens with zero attached hydrogens (tertiary/aromatic N) is 1. The van der Waals surface area contributed by atoms with Gasteiger partial charge in [-0.3, -0.25) is 0 Å². The molecule has 0 radical (unpaired) electrons. The Hall–Kier alpha value is -0.860. The van der Waals surface area contributed by atoms with Crippen LogP contribution in [-0.2, 0) is 6.54 Å². The first-order valence-electron chi connectivity index (χ1n) is 5.45. The predicted octanol–water partition coefficient (Wildman–Crippen LogP) is 2.12. The van der Waals surface area contributed by atoms with Crippen molar-refractivity contribution < 1.29 is 0 Å². The molecule has 84 valence electrons. The molecule has 0 bridgehead atoms. The van der Waals surface area contributed by atoms with E-state index in [1.807, 2.05) is 7.05 Å². The summed E-state index contributed by atoms with van der Waals surface area (Å²) in [5, 5.41) is 3.32. The van der Waals surface area contributed by atoms with Crippen LogP contribution in [0.1, 0.15) is 19.4 Å². The Balaban J connectivity index is 2.46. The second kappa shape index (κ2) is 5.29. The maximum absolute atomic E-state index is 3.32. The third kappa shape index (κ3) is 4.45. The molecule has 0 heterocycles. The van der Waals surface area contributed by atoms with Gasteiger partial charge in [0.2, 0.25) is 0 Å². The van der Waals surface area contributed by atoms with E-state index in [4.69, 9.17) is 0 Å². The highest BCUT2D eigenvalue weighted by atomic mass is 15.1. The third-order valence-corrected chi connectivity index (χ3v) is 2.64. The molecule has 2 heteroatoms. The highest BCUT2D eigenvalue weighted by molar-refractivity contribution is 5.14. The quantitative estimate of drug-likeness (QED) is 0.794. The minimum atomic E-state index is 0.170. The maximum Gasteiger partial charge on any atom is 0.0249 e. The summed E-state index contributed by atoms with van der Waals surface area (Å²) in [7, 11) is 4.17. The molecule has 0 aromatic heterocycles. The van der Waals surface area contributed by atoms with E-state index in [0.29, 0.717) is 0 Å². The molecule has 1 aromatic carbocycles. The van der Waals surface area contributed by atoms with Gasteiger partial charge in [-0.1, -0.05) is 30.3 Å². The van der Waals surface area contributed by atoms with Crippen molar-refractivity contribution in [2.45, 2.75) is 25.9 Å². The van der Waals surface area contributed by atoms with Gasteiger partial charge in [0.1, 0.15) is 0 Å². The van der Waals surface area contributed by atoms with Crippen molar-refractivity contribution >= 4 is 0 Å². The molecular formula is C13H22N2. The number of hydrogen-bond donors (Lipinski definition) is 1. The second-order valence-electron chi connectivity index (χ2n) is 4.79. The summed E-state index contributed by atoms with van der Waals surface area (Å²) < 4.78 is 0. The molecule has 0 amide bonds. The van der Waals surface area contributed by atoms with Crippen molar-refractivity contribution in [3.05, 3.63) is 35.9 Å². The molecular weight excluding hydrogens is 184 g/mol. The Labute approximate surface area is 93.3 Å². The Bertz CT molecular complexity index is 280. The third-order valence-electron chi connectivity index (χ3n) is 2.64. The molecule has 2 nitrogen and oxygen atoms in total. The summed E-state index contributed by atoms with van der Waals surface area (Å²) in [5.74, 6) is 0. The lowest BCUT2D eigenvalue weighted by Crippen LogP contribution is -2.46. The van der Waals surface area contributed by atoms with Crippen molar-refractivity contribution in [3.63, 3.8) is 0 Å². The molecule has 0 unspecified atom stereocenters. The standard InChI is InChI=1S/C13H22N2/c1-13(2,14-3)11-15(4)10-12-8-6-5-7-9-12/h5-9,14H,10-11H2,1-4H3. The van der Waals surface area contributed by atoms with Gasteiger partial charge in [-0.2, -0.15) is 0 Å². The summed E-state index contributed by atoms with van der Waals surface area (Å²) in [4.78, 5) is 2.34. The first-order chi connectivity index (χ1) is 7.03. The maximum atomic E-state index is 3.32. The van der Waals surface area contributed by atoms with Gasteiger partial charge in [-0.05, 0) is 33.5 Å². The molecule has 0 aliphatic carbocycles. The lowest BCUT2D eigenvalue weighted by atomic mass is 10.1. The van der Waals surface area contributed by atoms with Gasteiger partial charge in [0.25, 0.3) is 0 Å². The molecule has 1 aromatic rings.